The molecular formula is C17H10FN5OS. The van der Waals surface area contributed by atoms with Crippen molar-refractivity contribution in [2.75, 3.05) is 5.73 Å². The molecule has 8 heteroatoms. The van der Waals surface area contributed by atoms with E-state index in [2.05, 4.69) is 10.1 Å². The molecule has 0 aliphatic carbocycles. The Morgan fingerprint density at radius 2 is 2.00 bits per heavy atom. The van der Waals surface area contributed by atoms with E-state index in [1.54, 1.807) is 10.7 Å². The predicted octanol–water partition coefficient (Wildman–Crippen LogP) is 3.37. The Morgan fingerprint density at radius 1 is 1.12 bits per heavy atom. The fraction of sp³-hybridized carbons (Fsp3) is 0. The van der Waals surface area contributed by atoms with Crippen molar-refractivity contribution in [3.05, 3.63) is 58.9 Å². The van der Waals surface area contributed by atoms with E-state index in [0.29, 0.717) is 22.5 Å². The second-order valence-electron chi connectivity index (χ2n) is 5.61. The third kappa shape index (κ3) is 1.97. The summed E-state index contributed by atoms with van der Waals surface area (Å²) in [7, 11) is 0. The van der Waals surface area contributed by atoms with Crippen molar-refractivity contribution in [2.45, 2.75) is 0 Å². The molecule has 0 atom stereocenters. The van der Waals surface area contributed by atoms with E-state index in [9.17, 15) is 9.50 Å². The predicted molar refractivity (Wildman–Crippen MR) is 94.1 cm³/mol. The molecule has 4 aromatic rings. The van der Waals surface area contributed by atoms with Gasteiger partial charge >= 0.3 is 0 Å². The van der Waals surface area contributed by atoms with Gasteiger partial charge in [0.1, 0.15) is 27.8 Å². The molecule has 1 aliphatic rings. The van der Waals surface area contributed by atoms with Crippen LogP contribution in [0.3, 0.4) is 0 Å². The van der Waals surface area contributed by atoms with Crippen LogP contribution in [0.1, 0.15) is 11.1 Å². The number of anilines is 1. The summed E-state index contributed by atoms with van der Waals surface area (Å²) in [4.78, 5) is 9.08. The van der Waals surface area contributed by atoms with E-state index in [-0.39, 0.29) is 11.7 Å². The highest BCUT2D eigenvalue weighted by Gasteiger charge is 2.25. The van der Waals surface area contributed by atoms with Gasteiger partial charge in [-0.1, -0.05) is 0 Å². The molecule has 1 aromatic carbocycles. The second kappa shape index (κ2) is 4.87. The summed E-state index contributed by atoms with van der Waals surface area (Å²) in [6.45, 7) is 0. The molecule has 0 fully saturated rings. The smallest absolute Gasteiger partial charge is 0.238 e. The molecule has 6 nitrogen and oxygen atoms in total. The molecule has 4 heterocycles. The molecule has 0 radical (unpaired) electrons. The SMILES string of the molecule is Nc1nc2c3c(ccn3n1)C(c1ccc(O)cc1F)=Nc1sccc1-2. The molecular weight excluding hydrogens is 341 g/mol. The molecule has 5 rings (SSSR count). The Bertz CT molecular complexity index is 1190. The molecule has 122 valence electrons. The van der Waals surface area contributed by atoms with E-state index >= 15 is 0 Å². The van der Waals surface area contributed by atoms with Gasteiger partial charge < -0.3 is 10.8 Å². The topological polar surface area (TPSA) is 88.8 Å². The molecule has 0 saturated heterocycles. The van der Waals surface area contributed by atoms with Crippen LogP contribution >= 0.6 is 11.3 Å². The lowest BCUT2D eigenvalue weighted by Gasteiger charge is -2.07. The highest BCUT2D eigenvalue weighted by molar-refractivity contribution is 7.14. The maximum Gasteiger partial charge on any atom is 0.238 e. The first kappa shape index (κ1) is 14.1. The van der Waals surface area contributed by atoms with Crippen LogP contribution in [0.5, 0.6) is 5.75 Å². The number of phenols is 1. The Kier molecular flexibility index (Phi) is 2.75. The zero-order valence-electron chi connectivity index (χ0n) is 12.6. The van der Waals surface area contributed by atoms with Crippen molar-refractivity contribution in [3.63, 3.8) is 0 Å². The minimum absolute atomic E-state index is 0.134. The fourth-order valence-corrected chi connectivity index (χ4v) is 3.82. The Labute approximate surface area is 144 Å². The number of benzene rings is 1. The molecule has 0 amide bonds. The largest absolute Gasteiger partial charge is 0.508 e. The average molecular weight is 351 g/mol. The standard InChI is InChI=1S/C17H10FN5OS/c18-12-7-8(24)1-2-9(12)13-10-3-5-23-15(10)14(21-17(19)22-23)11-4-6-25-16(11)20-13/h1-7,24H,(H2,19,22). The maximum atomic E-state index is 14.5. The minimum atomic E-state index is -0.545. The molecule has 0 saturated carbocycles. The van der Waals surface area contributed by atoms with E-state index in [0.717, 1.165) is 22.1 Å². The lowest BCUT2D eigenvalue weighted by atomic mass is 10.0. The van der Waals surface area contributed by atoms with Crippen LogP contribution in [-0.4, -0.2) is 25.4 Å². The number of fused-ring (bicyclic) bond motifs is 2. The maximum absolute atomic E-state index is 14.5. The van der Waals surface area contributed by atoms with Gasteiger partial charge in [0.05, 0.1) is 5.71 Å². The van der Waals surface area contributed by atoms with Crippen LogP contribution in [0.2, 0.25) is 0 Å². The normalized spacial score (nSPS) is 12.8. The quantitative estimate of drug-likeness (QED) is 0.485. The lowest BCUT2D eigenvalue weighted by molar-refractivity contribution is 0.469. The van der Waals surface area contributed by atoms with Crippen molar-refractivity contribution in [2.24, 2.45) is 4.99 Å². The van der Waals surface area contributed by atoms with E-state index in [1.165, 1.54) is 23.5 Å². The number of nitrogens with zero attached hydrogens (tertiary/aromatic N) is 4. The molecule has 3 aromatic heterocycles. The van der Waals surface area contributed by atoms with Gasteiger partial charge in [-0.05, 0) is 29.6 Å². The summed E-state index contributed by atoms with van der Waals surface area (Å²) in [5, 5.41) is 16.3. The number of aromatic nitrogens is 3. The second-order valence-corrected chi connectivity index (χ2v) is 6.50. The van der Waals surface area contributed by atoms with Gasteiger partial charge in [0.25, 0.3) is 0 Å². The summed E-state index contributed by atoms with van der Waals surface area (Å²) in [6.07, 6.45) is 1.75. The van der Waals surface area contributed by atoms with Crippen molar-refractivity contribution in [1.82, 2.24) is 14.6 Å². The number of hydrogen-bond acceptors (Lipinski definition) is 6. The summed E-state index contributed by atoms with van der Waals surface area (Å²) >= 11 is 1.44. The third-order valence-corrected chi connectivity index (χ3v) is 4.91. The minimum Gasteiger partial charge on any atom is -0.508 e. The first-order chi connectivity index (χ1) is 12.1. The van der Waals surface area contributed by atoms with Gasteiger partial charge in [-0.2, -0.15) is 0 Å². The Balaban J connectivity index is 1.91. The van der Waals surface area contributed by atoms with Gasteiger partial charge in [0, 0.05) is 29.0 Å². The van der Waals surface area contributed by atoms with E-state index in [4.69, 9.17) is 10.7 Å². The molecule has 0 bridgehead atoms. The van der Waals surface area contributed by atoms with Crippen LogP contribution in [0, 0.1) is 5.82 Å². The van der Waals surface area contributed by atoms with Crippen LogP contribution in [0.15, 0.2) is 46.9 Å². The molecule has 3 N–H and O–H groups in total. The number of hydrogen-bond donors (Lipinski definition) is 2. The van der Waals surface area contributed by atoms with Gasteiger partial charge in [0.15, 0.2) is 0 Å². The van der Waals surface area contributed by atoms with Crippen molar-refractivity contribution >= 4 is 33.5 Å². The van der Waals surface area contributed by atoms with Crippen LogP contribution in [-0.2, 0) is 0 Å². The number of aromatic hydroxyl groups is 1. The summed E-state index contributed by atoms with van der Waals surface area (Å²) in [6, 6.07) is 7.76. The third-order valence-electron chi connectivity index (χ3n) is 4.10. The van der Waals surface area contributed by atoms with Gasteiger partial charge in [-0.25, -0.2) is 18.9 Å². The summed E-state index contributed by atoms with van der Waals surface area (Å²) in [5.41, 5.74) is 9.53. The number of nitrogens with two attached hydrogens (primary N) is 1. The molecule has 0 spiro atoms. The monoisotopic (exact) mass is 351 g/mol. The number of halogens is 1. The number of rotatable bonds is 1. The molecule has 25 heavy (non-hydrogen) atoms. The van der Waals surface area contributed by atoms with Crippen LogP contribution < -0.4 is 5.73 Å². The molecule has 1 aliphatic heterocycles. The van der Waals surface area contributed by atoms with Crippen LogP contribution in [0.4, 0.5) is 15.3 Å². The van der Waals surface area contributed by atoms with Gasteiger partial charge in [-0.15, -0.1) is 16.4 Å². The molecule has 0 unspecified atom stereocenters. The van der Waals surface area contributed by atoms with Crippen molar-refractivity contribution in [3.8, 4) is 17.0 Å². The van der Waals surface area contributed by atoms with E-state index < -0.39 is 5.82 Å². The highest BCUT2D eigenvalue weighted by atomic mass is 32.1. The highest BCUT2D eigenvalue weighted by Crippen LogP contribution is 2.41. The van der Waals surface area contributed by atoms with Gasteiger partial charge in [0.2, 0.25) is 5.95 Å². The number of thiophene rings is 1. The fourth-order valence-electron chi connectivity index (χ4n) is 3.05. The first-order valence-electron chi connectivity index (χ1n) is 7.42. The number of phenolic OH excluding ortho intramolecular Hbond substituents is 1. The Morgan fingerprint density at radius 3 is 2.84 bits per heavy atom. The average Bonchev–Trinajstić information content (AvgIpc) is 3.16. The Hall–Kier alpha value is -3.26. The van der Waals surface area contributed by atoms with Crippen LogP contribution in [0.25, 0.3) is 16.8 Å². The van der Waals surface area contributed by atoms with E-state index in [1.807, 2.05) is 17.5 Å². The first-order valence-corrected chi connectivity index (χ1v) is 8.30. The zero-order valence-corrected chi connectivity index (χ0v) is 13.5. The summed E-state index contributed by atoms with van der Waals surface area (Å²) < 4.78 is 16.1. The van der Waals surface area contributed by atoms with Crippen molar-refractivity contribution in [1.29, 1.82) is 0 Å². The lowest BCUT2D eigenvalue weighted by Crippen LogP contribution is -2.07. The number of aliphatic imine (C=N–C) groups is 1. The van der Waals surface area contributed by atoms with Gasteiger partial charge in [-0.3, -0.25) is 0 Å². The zero-order chi connectivity index (χ0) is 17.1. The number of nitrogen functional groups attached to an aromatic ring is 1. The van der Waals surface area contributed by atoms with Crippen molar-refractivity contribution < 1.29 is 9.50 Å². The summed E-state index contributed by atoms with van der Waals surface area (Å²) in [5.74, 6) is -0.525.